The molecule has 0 aromatic rings. The fourth-order valence-electron chi connectivity index (χ4n) is 2.75. The van der Waals surface area contributed by atoms with E-state index in [2.05, 4.69) is 48.7 Å². The van der Waals surface area contributed by atoms with Gasteiger partial charge in [0.2, 0.25) is 0 Å². The Hall–Kier alpha value is -1.24. The lowest BCUT2D eigenvalue weighted by Crippen LogP contribution is -2.35. The summed E-state index contributed by atoms with van der Waals surface area (Å²) in [6, 6.07) is 0.472. The first-order valence-electron chi connectivity index (χ1n) is 5.33. The maximum atomic E-state index is 3.59. The van der Waals surface area contributed by atoms with Crippen LogP contribution in [0, 0.1) is 5.41 Å². The summed E-state index contributed by atoms with van der Waals surface area (Å²) < 4.78 is 0. The van der Waals surface area contributed by atoms with Crippen molar-refractivity contribution in [3.63, 3.8) is 0 Å². The monoisotopic (exact) mass is 185 g/mol. The predicted molar refractivity (Wildman–Crippen MR) is 58.7 cm³/mol. The summed E-state index contributed by atoms with van der Waals surface area (Å²) in [5, 5.41) is 3.59. The van der Waals surface area contributed by atoms with E-state index >= 15 is 0 Å². The highest BCUT2D eigenvalue weighted by atomic mass is 15.0. The third-order valence-electron chi connectivity index (χ3n) is 3.64. The molecule has 0 spiro atoms. The van der Waals surface area contributed by atoms with Crippen LogP contribution in [0.5, 0.6) is 0 Å². The number of rotatable bonds is 0. The maximum Gasteiger partial charge on any atom is 0.0574 e. The van der Waals surface area contributed by atoms with E-state index in [9.17, 15) is 0 Å². The Morgan fingerprint density at radius 2 is 2.36 bits per heavy atom. The second kappa shape index (κ2) is 2.63. The SMILES string of the molecule is CC12C=CC=CC1NC1=C2CCC=C1. The standard InChI is InChI=1S/C13H15N/c1-13-9-5-4-8-12(13)14-11-7-3-2-6-10(11)13/h3-5,7-9,12,14H,2,6H2,1H3. The number of nitrogens with one attached hydrogen (secondary N) is 1. The minimum atomic E-state index is 0.231. The van der Waals surface area contributed by atoms with E-state index in [-0.39, 0.29) is 5.41 Å². The molecule has 1 heterocycles. The van der Waals surface area contributed by atoms with E-state index in [0.29, 0.717) is 6.04 Å². The Bertz CT molecular complexity index is 384. The molecule has 1 aliphatic heterocycles. The zero-order valence-corrected chi connectivity index (χ0v) is 8.46. The van der Waals surface area contributed by atoms with Gasteiger partial charge in [0.25, 0.3) is 0 Å². The van der Waals surface area contributed by atoms with Crippen molar-refractivity contribution in [2.75, 3.05) is 0 Å². The molecule has 2 aliphatic carbocycles. The van der Waals surface area contributed by atoms with Gasteiger partial charge in [0.1, 0.15) is 0 Å². The van der Waals surface area contributed by atoms with Gasteiger partial charge in [-0.1, -0.05) is 30.4 Å². The third-order valence-corrected chi connectivity index (χ3v) is 3.64. The normalized spacial score (nSPS) is 38.2. The smallest absolute Gasteiger partial charge is 0.0574 e. The van der Waals surface area contributed by atoms with Gasteiger partial charge < -0.3 is 5.32 Å². The Labute approximate surface area is 84.9 Å². The molecule has 0 saturated carbocycles. The summed E-state index contributed by atoms with van der Waals surface area (Å²) >= 11 is 0. The fraction of sp³-hybridized carbons (Fsp3) is 0.385. The van der Waals surface area contributed by atoms with Crippen LogP contribution < -0.4 is 5.32 Å². The summed E-state index contributed by atoms with van der Waals surface area (Å²) in [7, 11) is 0. The molecule has 1 heteroatoms. The van der Waals surface area contributed by atoms with Gasteiger partial charge in [0.15, 0.2) is 0 Å². The molecule has 0 saturated heterocycles. The van der Waals surface area contributed by atoms with Gasteiger partial charge >= 0.3 is 0 Å². The summed E-state index contributed by atoms with van der Waals surface area (Å²) in [5.74, 6) is 0. The van der Waals surface area contributed by atoms with Crippen LogP contribution in [0.15, 0.2) is 47.7 Å². The Balaban J connectivity index is 2.09. The minimum absolute atomic E-state index is 0.231. The van der Waals surface area contributed by atoms with Crippen LogP contribution >= 0.6 is 0 Å². The molecule has 14 heavy (non-hydrogen) atoms. The van der Waals surface area contributed by atoms with Gasteiger partial charge in [-0.25, -0.2) is 0 Å². The molecule has 3 rings (SSSR count). The molecule has 2 unspecified atom stereocenters. The fourth-order valence-corrected chi connectivity index (χ4v) is 2.75. The number of allylic oxidation sites excluding steroid dienone is 4. The van der Waals surface area contributed by atoms with Crippen LogP contribution in [0.2, 0.25) is 0 Å². The lowest BCUT2D eigenvalue weighted by atomic mass is 9.73. The largest absolute Gasteiger partial charge is 0.378 e. The molecule has 72 valence electrons. The van der Waals surface area contributed by atoms with Crippen LogP contribution in [-0.4, -0.2) is 6.04 Å². The third kappa shape index (κ3) is 0.899. The highest BCUT2D eigenvalue weighted by Crippen LogP contribution is 2.45. The molecular formula is C13H15N. The quantitative estimate of drug-likeness (QED) is 0.612. The maximum absolute atomic E-state index is 3.59. The van der Waals surface area contributed by atoms with Gasteiger partial charge in [-0.2, -0.15) is 0 Å². The summed E-state index contributed by atoms with van der Waals surface area (Å²) in [4.78, 5) is 0. The Morgan fingerprint density at radius 1 is 1.43 bits per heavy atom. The van der Waals surface area contributed by atoms with Crippen LogP contribution in [-0.2, 0) is 0 Å². The zero-order chi connectivity index (χ0) is 9.60. The highest BCUT2D eigenvalue weighted by molar-refractivity contribution is 5.46. The van der Waals surface area contributed by atoms with Crippen molar-refractivity contribution in [1.82, 2.24) is 5.32 Å². The van der Waals surface area contributed by atoms with Crippen molar-refractivity contribution in [2.24, 2.45) is 5.41 Å². The highest BCUT2D eigenvalue weighted by Gasteiger charge is 2.41. The molecule has 1 nitrogen and oxygen atoms in total. The first-order valence-corrected chi connectivity index (χ1v) is 5.33. The van der Waals surface area contributed by atoms with Gasteiger partial charge in [0.05, 0.1) is 6.04 Å². The molecule has 1 N–H and O–H groups in total. The minimum Gasteiger partial charge on any atom is -0.378 e. The van der Waals surface area contributed by atoms with E-state index in [0.717, 1.165) is 0 Å². The van der Waals surface area contributed by atoms with E-state index in [1.807, 2.05) is 0 Å². The van der Waals surface area contributed by atoms with Crippen molar-refractivity contribution in [3.8, 4) is 0 Å². The van der Waals surface area contributed by atoms with E-state index in [4.69, 9.17) is 0 Å². The lowest BCUT2D eigenvalue weighted by Gasteiger charge is -2.31. The Kier molecular flexibility index (Phi) is 1.52. The van der Waals surface area contributed by atoms with Gasteiger partial charge in [-0.05, 0) is 31.4 Å². The topological polar surface area (TPSA) is 12.0 Å². The molecule has 3 aliphatic rings. The van der Waals surface area contributed by atoms with E-state index in [1.54, 1.807) is 5.57 Å². The molecule has 0 amide bonds. The van der Waals surface area contributed by atoms with Crippen LogP contribution in [0.1, 0.15) is 19.8 Å². The molecule has 0 aromatic carbocycles. The van der Waals surface area contributed by atoms with Crippen LogP contribution in [0.3, 0.4) is 0 Å². The summed E-state index contributed by atoms with van der Waals surface area (Å²) in [6.45, 7) is 2.34. The second-order valence-corrected chi connectivity index (χ2v) is 4.48. The lowest BCUT2D eigenvalue weighted by molar-refractivity contribution is 0.439. The van der Waals surface area contributed by atoms with Gasteiger partial charge in [-0.3, -0.25) is 0 Å². The van der Waals surface area contributed by atoms with Crippen molar-refractivity contribution >= 4 is 0 Å². The first kappa shape index (κ1) is 8.10. The van der Waals surface area contributed by atoms with Gasteiger partial charge in [0, 0.05) is 11.1 Å². The summed E-state index contributed by atoms with van der Waals surface area (Å²) in [5.41, 5.74) is 3.18. The average molecular weight is 185 g/mol. The number of hydrogen-bond acceptors (Lipinski definition) is 1. The van der Waals surface area contributed by atoms with Crippen molar-refractivity contribution < 1.29 is 0 Å². The molecule has 0 fully saturated rings. The number of hydrogen-bond donors (Lipinski definition) is 1. The average Bonchev–Trinajstić information content (AvgIpc) is 2.51. The second-order valence-electron chi connectivity index (χ2n) is 4.48. The van der Waals surface area contributed by atoms with Gasteiger partial charge in [-0.15, -0.1) is 0 Å². The van der Waals surface area contributed by atoms with Crippen LogP contribution in [0.25, 0.3) is 0 Å². The van der Waals surface area contributed by atoms with Crippen molar-refractivity contribution in [1.29, 1.82) is 0 Å². The molecular weight excluding hydrogens is 170 g/mol. The molecule has 0 aromatic heterocycles. The van der Waals surface area contributed by atoms with Crippen molar-refractivity contribution in [3.05, 3.63) is 47.7 Å². The molecule has 0 radical (unpaired) electrons. The Morgan fingerprint density at radius 3 is 3.29 bits per heavy atom. The molecule has 2 atom stereocenters. The molecule has 0 bridgehead atoms. The van der Waals surface area contributed by atoms with E-state index < -0.39 is 0 Å². The first-order chi connectivity index (χ1) is 6.81. The van der Waals surface area contributed by atoms with Crippen LogP contribution in [0.4, 0.5) is 0 Å². The zero-order valence-electron chi connectivity index (χ0n) is 8.46. The summed E-state index contributed by atoms with van der Waals surface area (Å²) in [6.07, 6.45) is 15.8. The predicted octanol–water partition coefficient (Wildman–Crippen LogP) is 2.69. The number of fused-ring (bicyclic) bond motifs is 2. The van der Waals surface area contributed by atoms with Crippen molar-refractivity contribution in [2.45, 2.75) is 25.8 Å². The van der Waals surface area contributed by atoms with E-state index in [1.165, 1.54) is 18.5 Å².